The second kappa shape index (κ2) is 2.58. The summed E-state index contributed by atoms with van der Waals surface area (Å²) in [4.78, 5) is 5.60. The van der Waals surface area contributed by atoms with E-state index >= 15 is 0 Å². The minimum Gasteiger partial charge on any atom is -0.281 e. The summed E-state index contributed by atoms with van der Waals surface area (Å²) in [5.74, 6) is 0.790. The lowest BCUT2D eigenvalue weighted by Gasteiger charge is -1.96. The average Bonchev–Trinajstić information content (AvgIpc) is 2.81. The van der Waals surface area contributed by atoms with Crippen LogP contribution in [0.3, 0.4) is 0 Å². The maximum atomic E-state index is 4.48. The van der Waals surface area contributed by atoms with Gasteiger partial charge in [-0.2, -0.15) is 0 Å². The number of aromatic nitrogens is 2. The smallest absolute Gasteiger partial charge is 0.195 e. The van der Waals surface area contributed by atoms with Gasteiger partial charge in [0.1, 0.15) is 4.60 Å². The first-order valence-corrected chi connectivity index (χ1v) is 6.06. The quantitative estimate of drug-likeness (QED) is 0.765. The molecule has 2 aromatic rings. The van der Waals surface area contributed by atoms with E-state index in [1.54, 1.807) is 11.3 Å². The molecular weight excluding hydrogens is 248 g/mol. The second-order valence-corrected chi connectivity index (χ2v) is 5.13. The number of fused-ring (bicyclic) bond motifs is 1. The van der Waals surface area contributed by atoms with Crippen molar-refractivity contribution in [3.63, 3.8) is 0 Å². The third kappa shape index (κ3) is 1.08. The Morgan fingerprint density at radius 3 is 3.08 bits per heavy atom. The van der Waals surface area contributed by atoms with Gasteiger partial charge >= 0.3 is 0 Å². The van der Waals surface area contributed by atoms with Crippen molar-refractivity contribution in [2.75, 3.05) is 0 Å². The van der Waals surface area contributed by atoms with E-state index in [0.717, 1.165) is 21.2 Å². The summed E-state index contributed by atoms with van der Waals surface area (Å²) in [5, 5.41) is 2.24. The number of aryl methyl sites for hydroxylation is 1. The van der Waals surface area contributed by atoms with Crippen LogP contribution in [0.25, 0.3) is 4.96 Å². The maximum absolute atomic E-state index is 4.48. The summed E-state index contributed by atoms with van der Waals surface area (Å²) >= 11 is 5.32. The van der Waals surface area contributed by atoms with Gasteiger partial charge in [0.15, 0.2) is 4.96 Å². The standard InChI is InChI=1S/C9H9BrN2S/c1-5-8(10)12-7(6-2-3-6)4-13-9(12)11-5/h4,6H,2-3H2,1H3. The molecule has 0 spiro atoms. The Hall–Kier alpha value is -0.350. The molecule has 2 aromatic heterocycles. The van der Waals surface area contributed by atoms with E-state index in [1.807, 2.05) is 6.92 Å². The second-order valence-electron chi connectivity index (χ2n) is 3.54. The molecule has 1 aliphatic rings. The highest BCUT2D eigenvalue weighted by molar-refractivity contribution is 9.10. The van der Waals surface area contributed by atoms with Crippen LogP contribution in [0.2, 0.25) is 0 Å². The molecule has 0 bridgehead atoms. The first-order chi connectivity index (χ1) is 6.27. The summed E-state index contributed by atoms with van der Waals surface area (Å²) in [7, 11) is 0. The van der Waals surface area contributed by atoms with E-state index in [0.29, 0.717) is 0 Å². The number of imidazole rings is 1. The molecule has 0 N–H and O–H groups in total. The monoisotopic (exact) mass is 256 g/mol. The number of thiazole rings is 1. The van der Waals surface area contributed by atoms with E-state index in [-0.39, 0.29) is 0 Å². The lowest BCUT2D eigenvalue weighted by atomic mass is 10.3. The van der Waals surface area contributed by atoms with Gasteiger partial charge in [0.05, 0.1) is 5.69 Å². The minimum atomic E-state index is 0.790. The number of halogens is 1. The van der Waals surface area contributed by atoms with Crippen molar-refractivity contribution in [3.05, 3.63) is 21.4 Å². The van der Waals surface area contributed by atoms with Crippen molar-refractivity contribution in [1.82, 2.24) is 9.38 Å². The van der Waals surface area contributed by atoms with Gasteiger partial charge in [-0.3, -0.25) is 4.40 Å². The topological polar surface area (TPSA) is 17.3 Å². The van der Waals surface area contributed by atoms with Crippen LogP contribution in [0.15, 0.2) is 9.98 Å². The summed E-state index contributed by atoms with van der Waals surface area (Å²) in [6.45, 7) is 2.04. The van der Waals surface area contributed by atoms with Crippen LogP contribution in [-0.2, 0) is 0 Å². The SMILES string of the molecule is Cc1nc2scc(C3CC3)n2c1Br. The Morgan fingerprint density at radius 2 is 2.38 bits per heavy atom. The van der Waals surface area contributed by atoms with Crippen LogP contribution in [0.4, 0.5) is 0 Å². The molecule has 3 rings (SSSR count). The van der Waals surface area contributed by atoms with Crippen LogP contribution in [-0.4, -0.2) is 9.38 Å². The zero-order chi connectivity index (χ0) is 9.00. The fraction of sp³-hybridized carbons (Fsp3) is 0.444. The largest absolute Gasteiger partial charge is 0.281 e. The maximum Gasteiger partial charge on any atom is 0.195 e. The molecule has 1 fully saturated rings. The van der Waals surface area contributed by atoms with Crippen LogP contribution < -0.4 is 0 Å². The zero-order valence-electron chi connectivity index (χ0n) is 7.25. The molecule has 0 unspecified atom stereocenters. The molecule has 0 aliphatic heterocycles. The van der Waals surface area contributed by atoms with E-state index < -0.39 is 0 Å². The lowest BCUT2D eigenvalue weighted by molar-refractivity contribution is 0.973. The molecular formula is C9H9BrN2S. The molecule has 1 aliphatic carbocycles. The summed E-state index contributed by atoms with van der Waals surface area (Å²) in [5.41, 5.74) is 2.53. The number of hydrogen-bond donors (Lipinski definition) is 0. The first kappa shape index (κ1) is 8.00. The molecule has 68 valence electrons. The van der Waals surface area contributed by atoms with Crippen molar-refractivity contribution in [3.8, 4) is 0 Å². The van der Waals surface area contributed by atoms with E-state index in [4.69, 9.17) is 0 Å². The Labute approximate surface area is 88.7 Å². The van der Waals surface area contributed by atoms with Gasteiger partial charge in [0.25, 0.3) is 0 Å². The van der Waals surface area contributed by atoms with Crippen LogP contribution >= 0.6 is 27.3 Å². The lowest BCUT2D eigenvalue weighted by Crippen LogP contribution is -1.87. The molecule has 0 atom stereocenters. The van der Waals surface area contributed by atoms with Crippen molar-refractivity contribution in [2.24, 2.45) is 0 Å². The van der Waals surface area contributed by atoms with E-state index in [2.05, 4.69) is 30.7 Å². The van der Waals surface area contributed by atoms with Crippen molar-refractivity contribution >= 4 is 32.2 Å². The van der Waals surface area contributed by atoms with Gasteiger partial charge in [-0.25, -0.2) is 4.98 Å². The highest BCUT2D eigenvalue weighted by Crippen LogP contribution is 2.42. The van der Waals surface area contributed by atoms with Gasteiger partial charge in [0.2, 0.25) is 0 Å². The van der Waals surface area contributed by atoms with Gasteiger partial charge in [-0.05, 0) is 35.7 Å². The fourth-order valence-electron chi connectivity index (χ4n) is 1.61. The van der Waals surface area contributed by atoms with Gasteiger partial charge in [-0.15, -0.1) is 11.3 Å². The van der Waals surface area contributed by atoms with Crippen LogP contribution in [0.1, 0.15) is 30.1 Å². The van der Waals surface area contributed by atoms with Gasteiger partial charge in [-0.1, -0.05) is 0 Å². The van der Waals surface area contributed by atoms with E-state index in [9.17, 15) is 0 Å². The minimum absolute atomic E-state index is 0.790. The van der Waals surface area contributed by atoms with Crippen molar-refractivity contribution < 1.29 is 0 Å². The Kier molecular flexibility index (Phi) is 1.58. The molecule has 4 heteroatoms. The summed E-state index contributed by atoms with van der Waals surface area (Å²) in [6, 6.07) is 0. The Morgan fingerprint density at radius 1 is 1.62 bits per heavy atom. The summed E-state index contributed by atoms with van der Waals surface area (Å²) < 4.78 is 3.38. The normalized spacial score (nSPS) is 17.1. The molecule has 0 saturated heterocycles. The molecule has 13 heavy (non-hydrogen) atoms. The predicted molar refractivity (Wildman–Crippen MR) is 57.5 cm³/mol. The van der Waals surface area contributed by atoms with Crippen LogP contribution in [0, 0.1) is 6.92 Å². The summed E-state index contributed by atoms with van der Waals surface area (Å²) in [6.07, 6.45) is 2.69. The molecule has 1 saturated carbocycles. The highest BCUT2D eigenvalue weighted by atomic mass is 79.9. The molecule has 0 radical (unpaired) electrons. The average molecular weight is 257 g/mol. The first-order valence-electron chi connectivity index (χ1n) is 4.39. The molecule has 2 heterocycles. The number of hydrogen-bond acceptors (Lipinski definition) is 2. The van der Waals surface area contributed by atoms with Crippen molar-refractivity contribution in [1.29, 1.82) is 0 Å². The predicted octanol–water partition coefficient (Wildman–Crippen LogP) is 3.34. The molecule has 2 nitrogen and oxygen atoms in total. The molecule has 0 aromatic carbocycles. The van der Waals surface area contributed by atoms with Crippen LogP contribution in [0.5, 0.6) is 0 Å². The third-order valence-electron chi connectivity index (χ3n) is 2.49. The van der Waals surface area contributed by atoms with E-state index in [1.165, 1.54) is 18.5 Å². The highest BCUT2D eigenvalue weighted by Gasteiger charge is 2.28. The zero-order valence-corrected chi connectivity index (χ0v) is 9.65. The number of nitrogens with zero attached hydrogens (tertiary/aromatic N) is 2. The van der Waals surface area contributed by atoms with Crippen molar-refractivity contribution in [2.45, 2.75) is 25.7 Å². The third-order valence-corrected chi connectivity index (χ3v) is 4.26. The molecule has 0 amide bonds. The van der Waals surface area contributed by atoms with Gasteiger partial charge in [0, 0.05) is 17.0 Å². The Bertz CT molecular complexity index is 467. The van der Waals surface area contributed by atoms with Gasteiger partial charge < -0.3 is 0 Å². The number of rotatable bonds is 1. The fourth-order valence-corrected chi connectivity index (χ4v) is 3.21. The Balaban J connectivity index is 2.34.